The van der Waals surface area contributed by atoms with Crippen molar-refractivity contribution in [3.05, 3.63) is 89.2 Å². The van der Waals surface area contributed by atoms with Crippen molar-refractivity contribution >= 4 is 28.3 Å². The van der Waals surface area contributed by atoms with Gasteiger partial charge in [0.1, 0.15) is 5.82 Å². The largest absolute Gasteiger partial charge is 0.417 e. The Labute approximate surface area is 181 Å². The SMILES string of the molecule is O=C(c1cccc2cc[nH]c12)N1CCc2c(cccc2Nc2ccc(C(F)(F)F)cn2)C1. The Bertz CT molecular complexity index is 1290. The van der Waals surface area contributed by atoms with Crippen LogP contribution in [0.4, 0.5) is 24.7 Å². The molecule has 1 amide bonds. The number of anilines is 2. The number of aromatic nitrogens is 2. The van der Waals surface area contributed by atoms with Crippen LogP contribution in [-0.4, -0.2) is 27.3 Å². The Kier molecular flexibility index (Phi) is 4.84. The summed E-state index contributed by atoms with van der Waals surface area (Å²) in [6.07, 6.45) is -1.15. The van der Waals surface area contributed by atoms with Crippen LogP contribution in [0.25, 0.3) is 10.9 Å². The highest BCUT2D eigenvalue weighted by atomic mass is 19.4. The topological polar surface area (TPSA) is 61.0 Å². The summed E-state index contributed by atoms with van der Waals surface area (Å²) in [6, 6.07) is 15.6. The van der Waals surface area contributed by atoms with Crippen molar-refractivity contribution in [3.63, 3.8) is 0 Å². The Morgan fingerprint density at radius 1 is 1.06 bits per heavy atom. The molecule has 0 radical (unpaired) electrons. The molecule has 5 nitrogen and oxygen atoms in total. The Hall–Kier alpha value is -3.81. The van der Waals surface area contributed by atoms with E-state index in [1.54, 1.807) is 0 Å². The highest BCUT2D eigenvalue weighted by Crippen LogP contribution is 2.32. The van der Waals surface area contributed by atoms with Crippen molar-refractivity contribution in [2.75, 3.05) is 11.9 Å². The van der Waals surface area contributed by atoms with Crippen molar-refractivity contribution in [2.24, 2.45) is 0 Å². The van der Waals surface area contributed by atoms with Crippen LogP contribution in [0, 0.1) is 0 Å². The van der Waals surface area contributed by atoms with Crippen molar-refractivity contribution in [3.8, 4) is 0 Å². The predicted octanol–water partition coefficient (Wildman–Crippen LogP) is 5.52. The first-order valence-corrected chi connectivity index (χ1v) is 10.2. The molecule has 0 bridgehead atoms. The number of pyridine rings is 1. The molecule has 1 aliphatic rings. The van der Waals surface area contributed by atoms with Gasteiger partial charge >= 0.3 is 6.18 Å². The lowest BCUT2D eigenvalue weighted by molar-refractivity contribution is -0.137. The molecule has 0 aliphatic carbocycles. The second-order valence-electron chi connectivity index (χ2n) is 7.72. The number of H-pyrrole nitrogens is 1. The van der Waals surface area contributed by atoms with Crippen molar-refractivity contribution in [2.45, 2.75) is 19.1 Å². The minimum absolute atomic E-state index is 0.0357. The van der Waals surface area contributed by atoms with E-state index in [0.29, 0.717) is 30.9 Å². The lowest BCUT2D eigenvalue weighted by Crippen LogP contribution is -2.36. The van der Waals surface area contributed by atoms with Gasteiger partial charge in [0, 0.05) is 36.6 Å². The number of aromatic amines is 1. The summed E-state index contributed by atoms with van der Waals surface area (Å²) in [6.45, 7) is 1.00. The van der Waals surface area contributed by atoms with E-state index in [1.807, 2.05) is 53.6 Å². The van der Waals surface area contributed by atoms with E-state index in [2.05, 4.69) is 15.3 Å². The molecule has 32 heavy (non-hydrogen) atoms. The van der Waals surface area contributed by atoms with E-state index in [0.717, 1.165) is 40.0 Å². The molecule has 2 aromatic heterocycles. The highest BCUT2D eigenvalue weighted by molar-refractivity contribution is 6.05. The van der Waals surface area contributed by atoms with Crippen LogP contribution in [0.15, 0.2) is 67.0 Å². The minimum atomic E-state index is -4.42. The maximum absolute atomic E-state index is 13.2. The quantitative estimate of drug-likeness (QED) is 0.444. The van der Waals surface area contributed by atoms with Gasteiger partial charge in [-0.25, -0.2) is 4.98 Å². The molecule has 5 rings (SSSR count). The number of carbonyl (C=O) groups is 1. The number of para-hydroxylation sites is 1. The molecule has 0 atom stereocenters. The van der Waals surface area contributed by atoms with Crippen LogP contribution >= 0.6 is 0 Å². The van der Waals surface area contributed by atoms with Gasteiger partial charge in [0.15, 0.2) is 0 Å². The molecule has 0 fully saturated rings. The molecular weight excluding hydrogens is 417 g/mol. The third-order valence-electron chi connectivity index (χ3n) is 5.72. The van der Waals surface area contributed by atoms with Crippen LogP contribution in [0.3, 0.4) is 0 Å². The van der Waals surface area contributed by atoms with Gasteiger partial charge in [0.2, 0.25) is 0 Å². The summed E-state index contributed by atoms with van der Waals surface area (Å²) >= 11 is 0. The number of nitrogens with zero attached hydrogens (tertiary/aromatic N) is 2. The summed E-state index contributed by atoms with van der Waals surface area (Å²) in [5.74, 6) is 0.301. The number of amides is 1. The van der Waals surface area contributed by atoms with E-state index in [1.165, 1.54) is 6.07 Å². The molecule has 2 aromatic carbocycles. The van der Waals surface area contributed by atoms with Crippen LogP contribution < -0.4 is 5.32 Å². The number of alkyl halides is 3. The number of carbonyl (C=O) groups excluding carboxylic acids is 1. The number of rotatable bonds is 3. The molecule has 3 heterocycles. The summed E-state index contributed by atoms with van der Waals surface area (Å²) < 4.78 is 38.3. The highest BCUT2D eigenvalue weighted by Gasteiger charge is 2.30. The average molecular weight is 436 g/mol. The minimum Gasteiger partial charge on any atom is -0.361 e. The average Bonchev–Trinajstić information content (AvgIpc) is 3.27. The molecule has 8 heteroatoms. The van der Waals surface area contributed by atoms with Crippen LogP contribution in [0.2, 0.25) is 0 Å². The van der Waals surface area contributed by atoms with Gasteiger partial charge in [0.25, 0.3) is 5.91 Å². The Morgan fingerprint density at radius 2 is 1.91 bits per heavy atom. The number of hydrogen-bond donors (Lipinski definition) is 2. The van der Waals surface area contributed by atoms with E-state index in [4.69, 9.17) is 0 Å². The third-order valence-corrected chi connectivity index (χ3v) is 5.72. The van der Waals surface area contributed by atoms with Gasteiger partial charge in [0.05, 0.1) is 16.6 Å². The summed E-state index contributed by atoms with van der Waals surface area (Å²) in [5.41, 5.74) is 3.50. The van der Waals surface area contributed by atoms with Crippen LogP contribution in [0.5, 0.6) is 0 Å². The molecule has 2 N–H and O–H groups in total. The number of nitrogens with one attached hydrogen (secondary N) is 2. The molecule has 1 aliphatic heterocycles. The van der Waals surface area contributed by atoms with Crippen molar-refractivity contribution < 1.29 is 18.0 Å². The van der Waals surface area contributed by atoms with Crippen LogP contribution in [0.1, 0.15) is 27.0 Å². The maximum atomic E-state index is 13.2. The van der Waals surface area contributed by atoms with Gasteiger partial charge in [-0.15, -0.1) is 0 Å². The first kappa shape index (κ1) is 20.1. The third kappa shape index (κ3) is 3.68. The molecule has 0 spiro atoms. The smallest absolute Gasteiger partial charge is 0.361 e. The lowest BCUT2D eigenvalue weighted by atomic mass is 9.97. The summed E-state index contributed by atoms with van der Waals surface area (Å²) in [7, 11) is 0. The second kappa shape index (κ2) is 7.71. The van der Waals surface area contributed by atoms with Crippen molar-refractivity contribution in [1.82, 2.24) is 14.9 Å². The van der Waals surface area contributed by atoms with E-state index in [-0.39, 0.29) is 5.91 Å². The normalized spacial score (nSPS) is 13.8. The monoisotopic (exact) mass is 436 g/mol. The second-order valence-corrected chi connectivity index (χ2v) is 7.72. The van der Waals surface area contributed by atoms with E-state index >= 15 is 0 Å². The maximum Gasteiger partial charge on any atom is 0.417 e. The van der Waals surface area contributed by atoms with Gasteiger partial charge in [-0.2, -0.15) is 13.2 Å². The van der Waals surface area contributed by atoms with Crippen LogP contribution in [-0.2, 0) is 19.1 Å². The fourth-order valence-corrected chi connectivity index (χ4v) is 4.11. The molecule has 0 saturated heterocycles. The molecule has 162 valence electrons. The zero-order valence-electron chi connectivity index (χ0n) is 16.9. The van der Waals surface area contributed by atoms with E-state index < -0.39 is 11.7 Å². The first-order valence-electron chi connectivity index (χ1n) is 10.2. The summed E-state index contributed by atoms with van der Waals surface area (Å²) in [4.78, 5) is 22.1. The van der Waals surface area contributed by atoms with Gasteiger partial charge in [-0.1, -0.05) is 24.3 Å². The molecule has 0 unspecified atom stereocenters. The van der Waals surface area contributed by atoms with E-state index in [9.17, 15) is 18.0 Å². The number of fused-ring (bicyclic) bond motifs is 2. The zero-order chi connectivity index (χ0) is 22.3. The first-order chi connectivity index (χ1) is 15.4. The van der Waals surface area contributed by atoms with Gasteiger partial charge < -0.3 is 15.2 Å². The lowest BCUT2D eigenvalue weighted by Gasteiger charge is -2.30. The molecular formula is C24H19F3N4O. The molecule has 0 saturated carbocycles. The number of benzene rings is 2. The number of hydrogen-bond acceptors (Lipinski definition) is 3. The zero-order valence-corrected chi connectivity index (χ0v) is 16.9. The Morgan fingerprint density at radius 3 is 2.69 bits per heavy atom. The Balaban J connectivity index is 1.37. The summed E-state index contributed by atoms with van der Waals surface area (Å²) in [5, 5.41) is 4.11. The number of halogens is 3. The predicted molar refractivity (Wildman–Crippen MR) is 116 cm³/mol. The molecule has 4 aromatic rings. The fourth-order valence-electron chi connectivity index (χ4n) is 4.11. The standard InChI is InChI=1S/C24H19F3N4O/c25-24(26,27)17-7-8-21(29-13-17)30-20-6-2-4-16-14-31(12-10-18(16)20)23(32)19-5-1-3-15-9-11-28-22(15)19/h1-9,11,13,28H,10,12,14H2,(H,29,30). The van der Waals surface area contributed by atoms with Crippen molar-refractivity contribution in [1.29, 1.82) is 0 Å². The van der Waals surface area contributed by atoms with Gasteiger partial charge in [-0.05, 0) is 47.9 Å². The van der Waals surface area contributed by atoms with Gasteiger partial charge in [-0.3, -0.25) is 4.79 Å². The fraction of sp³-hybridized carbons (Fsp3) is 0.167.